The predicted molar refractivity (Wildman–Crippen MR) is 76.2 cm³/mol. The van der Waals surface area contributed by atoms with Gasteiger partial charge in [0.05, 0.1) is 0 Å². The Hall–Kier alpha value is -1.50. The summed E-state index contributed by atoms with van der Waals surface area (Å²) in [6, 6.07) is 19.3. The summed E-state index contributed by atoms with van der Waals surface area (Å²) in [5.74, 6) is 0. The molecule has 0 saturated heterocycles. The summed E-state index contributed by atoms with van der Waals surface area (Å²) in [5.41, 5.74) is 0. The Kier molecular flexibility index (Phi) is 2.58. The van der Waals surface area contributed by atoms with Gasteiger partial charge in [-0.3, -0.25) is 0 Å². The standard InChI is InChI=1S/C14H12ClO2P/c15-18(16-11-12-17-18,13-7-3-1-4-8-13)14-9-5-2-6-10-14/h1-12H. The molecule has 0 saturated carbocycles. The Morgan fingerprint density at radius 1 is 0.667 bits per heavy atom. The van der Waals surface area contributed by atoms with Crippen molar-refractivity contribution in [2.45, 2.75) is 0 Å². The van der Waals surface area contributed by atoms with Crippen molar-refractivity contribution in [3.05, 3.63) is 73.2 Å². The Balaban J connectivity index is 2.24. The van der Waals surface area contributed by atoms with Gasteiger partial charge in [-0.25, -0.2) is 0 Å². The SMILES string of the molecule is ClP1(c2ccccc2)(c2ccccc2)OC=CO1. The molecule has 0 radical (unpaired) electrons. The van der Waals surface area contributed by atoms with Crippen LogP contribution in [-0.2, 0) is 9.05 Å². The first-order valence-electron chi connectivity index (χ1n) is 5.61. The third kappa shape index (κ3) is 1.53. The fourth-order valence-corrected chi connectivity index (χ4v) is 5.72. The van der Waals surface area contributed by atoms with E-state index in [1.807, 2.05) is 60.7 Å². The molecule has 3 rings (SSSR count). The van der Waals surface area contributed by atoms with Gasteiger partial charge in [-0.15, -0.1) is 0 Å². The van der Waals surface area contributed by atoms with Gasteiger partial charge in [0.2, 0.25) is 0 Å². The molecule has 0 fully saturated rings. The molecule has 2 nitrogen and oxygen atoms in total. The summed E-state index contributed by atoms with van der Waals surface area (Å²) in [6.45, 7) is 0. The summed E-state index contributed by atoms with van der Waals surface area (Å²) in [4.78, 5) is 0. The Morgan fingerprint density at radius 3 is 1.44 bits per heavy atom. The van der Waals surface area contributed by atoms with E-state index in [1.165, 1.54) is 12.5 Å². The summed E-state index contributed by atoms with van der Waals surface area (Å²) >= 11 is 6.90. The van der Waals surface area contributed by atoms with Gasteiger partial charge < -0.3 is 0 Å². The average Bonchev–Trinajstić information content (AvgIpc) is 2.87. The van der Waals surface area contributed by atoms with Gasteiger partial charge in [0.1, 0.15) is 0 Å². The van der Waals surface area contributed by atoms with Crippen LogP contribution in [0.4, 0.5) is 0 Å². The number of hydrogen-bond acceptors (Lipinski definition) is 2. The van der Waals surface area contributed by atoms with Crippen LogP contribution in [0.1, 0.15) is 0 Å². The van der Waals surface area contributed by atoms with Gasteiger partial charge in [-0.05, 0) is 0 Å². The van der Waals surface area contributed by atoms with E-state index in [0.29, 0.717) is 0 Å². The summed E-state index contributed by atoms with van der Waals surface area (Å²) in [7, 11) is 0. The zero-order valence-electron chi connectivity index (χ0n) is 9.57. The van der Waals surface area contributed by atoms with E-state index in [1.54, 1.807) is 0 Å². The monoisotopic (exact) mass is 278 g/mol. The van der Waals surface area contributed by atoms with Gasteiger partial charge in [-0.2, -0.15) is 0 Å². The maximum absolute atomic E-state index is 6.90. The van der Waals surface area contributed by atoms with Crippen LogP contribution in [0.15, 0.2) is 73.2 Å². The molecule has 0 amide bonds. The van der Waals surface area contributed by atoms with Crippen LogP contribution in [0.3, 0.4) is 0 Å². The van der Waals surface area contributed by atoms with Crippen molar-refractivity contribution >= 4 is 28.3 Å². The summed E-state index contributed by atoms with van der Waals surface area (Å²) < 4.78 is 11.6. The van der Waals surface area contributed by atoms with Crippen molar-refractivity contribution in [3.8, 4) is 0 Å². The second-order valence-corrected chi connectivity index (χ2v) is 9.03. The fraction of sp³-hybridized carbons (Fsp3) is 0. The molecule has 0 aliphatic carbocycles. The molecule has 0 atom stereocenters. The van der Waals surface area contributed by atoms with E-state index in [0.717, 1.165) is 10.6 Å². The van der Waals surface area contributed by atoms with Gasteiger partial charge in [0.25, 0.3) is 0 Å². The van der Waals surface area contributed by atoms with Crippen molar-refractivity contribution in [1.82, 2.24) is 0 Å². The average molecular weight is 279 g/mol. The van der Waals surface area contributed by atoms with E-state index in [9.17, 15) is 0 Å². The molecule has 0 bridgehead atoms. The minimum atomic E-state index is -3.51. The van der Waals surface area contributed by atoms with E-state index >= 15 is 0 Å². The predicted octanol–water partition coefficient (Wildman–Crippen LogP) is 3.69. The molecule has 0 aromatic heterocycles. The van der Waals surface area contributed by atoms with Crippen LogP contribution in [0, 0.1) is 0 Å². The van der Waals surface area contributed by atoms with E-state index in [2.05, 4.69) is 0 Å². The van der Waals surface area contributed by atoms with Crippen LogP contribution < -0.4 is 10.6 Å². The Bertz CT molecular complexity index is 532. The Labute approximate surface area is 111 Å². The van der Waals surface area contributed by atoms with Crippen molar-refractivity contribution in [2.24, 2.45) is 0 Å². The third-order valence-corrected chi connectivity index (χ3v) is 7.93. The van der Waals surface area contributed by atoms with Crippen LogP contribution in [0.2, 0.25) is 0 Å². The molecule has 1 heterocycles. The first-order chi connectivity index (χ1) is 8.73. The molecular weight excluding hydrogens is 267 g/mol. The molecular formula is C14H12ClO2P. The molecule has 1 aliphatic rings. The summed E-state index contributed by atoms with van der Waals surface area (Å²) in [6.07, 6.45) is -0.475. The fourth-order valence-electron chi connectivity index (χ4n) is 2.05. The van der Waals surface area contributed by atoms with Gasteiger partial charge >= 0.3 is 110 Å². The van der Waals surface area contributed by atoms with Crippen LogP contribution in [0.5, 0.6) is 0 Å². The number of hydrogen-bond donors (Lipinski definition) is 0. The molecule has 2 aromatic rings. The Morgan fingerprint density at radius 2 is 1.06 bits per heavy atom. The topological polar surface area (TPSA) is 18.5 Å². The number of benzene rings is 2. The zero-order valence-corrected chi connectivity index (χ0v) is 11.2. The van der Waals surface area contributed by atoms with E-state index in [-0.39, 0.29) is 0 Å². The summed E-state index contributed by atoms with van der Waals surface area (Å²) in [5, 5.41) is 1.72. The minimum absolute atomic E-state index is 0.862. The van der Waals surface area contributed by atoms with Gasteiger partial charge in [0, 0.05) is 0 Å². The van der Waals surface area contributed by atoms with Crippen molar-refractivity contribution in [2.75, 3.05) is 0 Å². The molecule has 0 N–H and O–H groups in total. The molecule has 92 valence electrons. The normalized spacial score (nSPS) is 21.3. The molecule has 0 spiro atoms. The number of halogens is 1. The van der Waals surface area contributed by atoms with E-state index < -0.39 is 6.41 Å². The van der Waals surface area contributed by atoms with Gasteiger partial charge in [0.15, 0.2) is 0 Å². The van der Waals surface area contributed by atoms with E-state index in [4.69, 9.17) is 20.3 Å². The van der Waals surface area contributed by atoms with Crippen LogP contribution in [-0.4, -0.2) is 0 Å². The maximum atomic E-state index is 6.90. The van der Waals surface area contributed by atoms with Crippen molar-refractivity contribution in [1.29, 1.82) is 0 Å². The first kappa shape index (κ1) is 11.6. The third-order valence-electron chi connectivity index (χ3n) is 2.94. The second-order valence-electron chi connectivity index (χ2n) is 4.01. The molecule has 2 aromatic carbocycles. The first-order valence-corrected chi connectivity index (χ1v) is 8.58. The van der Waals surface area contributed by atoms with Crippen LogP contribution >= 0.6 is 17.7 Å². The zero-order chi connectivity index (χ0) is 12.5. The molecule has 1 aliphatic heterocycles. The molecule has 0 unspecified atom stereocenters. The van der Waals surface area contributed by atoms with Gasteiger partial charge in [-0.1, -0.05) is 0 Å². The molecule has 4 heteroatoms. The molecule has 18 heavy (non-hydrogen) atoms. The van der Waals surface area contributed by atoms with Crippen molar-refractivity contribution in [3.63, 3.8) is 0 Å². The van der Waals surface area contributed by atoms with Crippen LogP contribution in [0.25, 0.3) is 0 Å². The quantitative estimate of drug-likeness (QED) is 0.780. The second kappa shape index (κ2) is 4.01. The number of rotatable bonds is 2. The van der Waals surface area contributed by atoms with Crippen molar-refractivity contribution < 1.29 is 9.05 Å².